The van der Waals surface area contributed by atoms with Crippen molar-refractivity contribution in [1.82, 2.24) is 5.32 Å². The number of aliphatic carboxylic acids is 1. The average molecular weight is 367 g/mol. The molecule has 1 saturated carbocycles. The zero-order chi connectivity index (χ0) is 18.8. The molecule has 0 aromatic heterocycles. The maximum Gasteiger partial charge on any atom is 0.329 e. The summed E-state index contributed by atoms with van der Waals surface area (Å²) in [5.41, 5.74) is -0.478. The molecule has 0 atom stereocenters. The van der Waals surface area contributed by atoms with Gasteiger partial charge >= 0.3 is 5.97 Å². The van der Waals surface area contributed by atoms with Crippen molar-refractivity contribution in [3.05, 3.63) is 29.3 Å². The fourth-order valence-corrected chi connectivity index (χ4v) is 4.30. The van der Waals surface area contributed by atoms with Crippen molar-refractivity contribution in [1.29, 1.82) is 0 Å². The molecular formula is C18H25NO5S. The lowest BCUT2D eigenvalue weighted by Crippen LogP contribution is -2.56. The second-order valence-electron chi connectivity index (χ2n) is 6.97. The van der Waals surface area contributed by atoms with Gasteiger partial charge in [-0.25, -0.2) is 13.2 Å². The number of nitrogens with one attached hydrogen (secondary N) is 1. The molecule has 2 N–H and O–H groups in total. The molecule has 1 amide bonds. The molecule has 138 valence electrons. The number of carboxylic acid groups (broad SMARTS) is 1. The highest BCUT2D eigenvalue weighted by Gasteiger charge is 2.42. The lowest BCUT2D eigenvalue weighted by atomic mass is 9.77. The molecular weight excluding hydrogens is 342 g/mol. The number of benzene rings is 1. The highest BCUT2D eigenvalue weighted by atomic mass is 32.2. The first-order valence-electron chi connectivity index (χ1n) is 8.48. The Kier molecular flexibility index (Phi) is 5.56. The molecule has 1 aliphatic rings. The predicted molar refractivity (Wildman–Crippen MR) is 94.4 cm³/mol. The Hall–Kier alpha value is -1.89. The Morgan fingerprint density at radius 2 is 1.88 bits per heavy atom. The summed E-state index contributed by atoms with van der Waals surface area (Å²) in [7, 11) is -3.47. The summed E-state index contributed by atoms with van der Waals surface area (Å²) in [4.78, 5) is 24.5. The van der Waals surface area contributed by atoms with Crippen molar-refractivity contribution in [2.45, 2.75) is 56.4 Å². The second-order valence-corrected chi connectivity index (χ2v) is 8.96. The first-order chi connectivity index (χ1) is 11.6. The molecule has 0 heterocycles. The zero-order valence-corrected chi connectivity index (χ0v) is 15.6. The predicted octanol–water partition coefficient (Wildman–Crippen LogP) is 2.42. The number of carboxylic acids is 1. The highest BCUT2D eigenvalue weighted by molar-refractivity contribution is 7.90. The van der Waals surface area contributed by atoms with E-state index in [-0.39, 0.29) is 10.5 Å². The second kappa shape index (κ2) is 7.15. The van der Waals surface area contributed by atoms with E-state index in [1.165, 1.54) is 6.07 Å². The van der Waals surface area contributed by atoms with Gasteiger partial charge < -0.3 is 10.4 Å². The van der Waals surface area contributed by atoms with Crippen molar-refractivity contribution >= 4 is 21.7 Å². The Balaban J connectivity index is 2.33. The number of rotatable bonds is 5. The van der Waals surface area contributed by atoms with E-state index in [9.17, 15) is 23.1 Å². The molecule has 0 spiro atoms. The van der Waals surface area contributed by atoms with Gasteiger partial charge in [-0.1, -0.05) is 19.9 Å². The third-order valence-electron chi connectivity index (χ3n) is 5.00. The van der Waals surface area contributed by atoms with Crippen molar-refractivity contribution < 1.29 is 23.1 Å². The van der Waals surface area contributed by atoms with E-state index in [4.69, 9.17) is 0 Å². The summed E-state index contributed by atoms with van der Waals surface area (Å²) in [6.07, 6.45) is 3.85. The van der Waals surface area contributed by atoms with E-state index in [1.54, 1.807) is 12.1 Å². The largest absolute Gasteiger partial charge is 0.480 e. The SMILES string of the molecule is CCc1ccc(C(=O)NC2(C(=O)O)CCC(C)CC2)cc1S(C)(=O)=O. The van der Waals surface area contributed by atoms with E-state index < -0.39 is 27.3 Å². The van der Waals surface area contributed by atoms with E-state index in [1.807, 2.05) is 6.92 Å². The van der Waals surface area contributed by atoms with Crippen LogP contribution in [0.3, 0.4) is 0 Å². The van der Waals surface area contributed by atoms with Gasteiger partial charge in [-0.3, -0.25) is 4.79 Å². The van der Waals surface area contributed by atoms with Crippen LogP contribution in [-0.2, 0) is 21.1 Å². The smallest absolute Gasteiger partial charge is 0.329 e. The monoisotopic (exact) mass is 367 g/mol. The third-order valence-corrected chi connectivity index (χ3v) is 6.18. The number of carbonyl (C=O) groups excluding carboxylic acids is 1. The Labute approximate surface area is 148 Å². The Morgan fingerprint density at radius 1 is 1.28 bits per heavy atom. The standard InChI is InChI=1S/C18H25NO5S/c1-4-13-5-6-14(11-15(13)25(3,23)24)16(20)19-18(17(21)22)9-7-12(2)8-10-18/h5-6,11-12H,4,7-10H2,1-3H3,(H,19,20)(H,21,22). The first kappa shape index (κ1) is 19.4. The van der Waals surface area contributed by atoms with Crippen LogP contribution >= 0.6 is 0 Å². The van der Waals surface area contributed by atoms with Crippen LogP contribution in [0.15, 0.2) is 23.1 Å². The van der Waals surface area contributed by atoms with Gasteiger partial charge in [-0.05, 0) is 55.7 Å². The maximum absolute atomic E-state index is 12.6. The van der Waals surface area contributed by atoms with Crippen LogP contribution < -0.4 is 5.32 Å². The molecule has 1 fully saturated rings. The van der Waals surface area contributed by atoms with Crippen molar-refractivity contribution in [3.8, 4) is 0 Å². The molecule has 0 bridgehead atoms. The van der Waals surface area contributed by atoms with Gasteiger partial charge in [0.05, 0.1) is 4.90 Å². The molecule has 6 nitrogen and oxygen atoms in total. The summed E-state index contributed by atoms with van der Waals surface area (Å²) in [6.45, 7) is 3.90. The summed E-state index contributed by atoms with van der Waals surface area (Å²) >= 11 is 0. The molecule has 1 aromatic rings. The van der Waals surface area contributed by atoms with Gasteiger partial charge in [0.15, 0.2) is 9.84 Å². The number of hydrogen-bond acceptors (Lipinski definition) is 4. The Bertz CT molecular complexity index is 777. The quantitative estimate of drug-likeness (QED) is 0.832. The maximum atomic E-state index is 12.6. The minimum absolute atomic E-state index is 0.115. The van der Waals surface area contributed by atoms with Gasteiger partial charge in [0.2, 0.25) is 0 Å². The van der Waals surface area contributed by atoms with Gasteiger partial charge in [0.25, 0.3) is 5.91 Å². The van der Waals surface area contributed by atoms with Crippen molar-refractivity contribution in [2.24, 2.45) is 5.92 Å². The van der Waals surface area contributed by atoms with Gasteiger partial charge in [0, 0.05) is 11.8 Å². The minimum Gasteiger partial charge on any atom is -0.480 e. The normalized spacial score (nSPS) is 23.9. The number of hydrogen-bond donors (Lipinski definition) is 2. The molecule has 1 aliphatic carbocycles. The van der Waals surface area contributed by atoms with Crippen LogP contribution in [0.1, 0.15) is 55.5 Å². The fourth-order valence-electron chi connectivity index (χ4n) is 3.27. The van der Waals surface area contributed by atoms with Crippen LogP contribution in [0.25, 0.3) is 0 Å². The van der Waals surface area contributed by atoms with Gasteiger partial charge in [0.1, 0.15) is 5.54 Å². The number of aryl methyl sites for hydroxylation is 1. The van der Waals surface area contributed by atoms with Crippen LogP contribution in [0.4, 0.5) is 0 Å². The molecule has 0 aliphatic heterocycles. The summed E-state index contributed by atoms with van der Waals surface area (Å²) < 4.78 is 23.9. The highest BCUT2D eigenvalue weighted by Crippen LogP contribution is 2.32. The van der Waals surface area contributed by atoms with Gasteiger partial charge in [-0.15, -0.1) is 0 Å². The molecule has 2 rings (SSSR count). The van der Waals surface area contributed by atoms with Crippen molar-refractivity contribution in [3.63, 3.8) is 0 Å². The molecule has 25 heavy (non-hydrogen) atoms. The van der Waals surface area contributed by atoms with E-state index in [2.05, 4.69) is 12.2 Å². The minimum atomic E-state index is -3.47. The average Bonchev–Trinajstić information content (AvgIpc) is 2.55. The molecule has 1 aromatic carbocycles. The number of amides is 1. The zero-order valence-electron chi connectivity index (χ0n) is 14.8. The fraction of sp³-hybridized carbons (Fsp3) is 0.556. The third kappa shape index (κ3) is 4.21. The van der Waals surface area contributed by atoms with Crippen LogP contribution in [0.5, 0.6) is 0 Å². The number of sulfone groups is 1. The molecule has 0 unspecified atom stereocenters. The van der Waals surface area contributed by atoms with Crippen molar-refractivity contribution in [2.75, 3.05) is 6.26 Å². The lowest BCUT2D eigenvalue weighted by molar-refractivity contribution is -0.146. The molecule has 0 radical (unpaired) electrons. The van der Waals surface area contributed by atoms with Crippen LogP contribution in [0, 0.1) is 5.92 Å². The number of carbonyl (C=O) groups is 2. The molecule has 7 heteroatoms. The summed E-state index contributed by atoms with van der Waals surface area (Å²) in [5.74, 6) is -1.16. The first-order valence-corrected chi connectivity index (χ1v) is 10.4. The Morgan fingerprint density at radius 3 is 2.36 bits per heavy atom. The van der Waals surface area contributed by atoms with Gasteiger partial charge in [-0.2, -0.15) is 0 Å². The van der Waals surface area contributed by atoms with E-state index in [0.717, 1.165) is 19.1 Å². The molecule has 0 saturated heterocycles. The topological polar surface area (TPSA) is 101 Å². The lowest BCUT2D eigenvalue weighted by Gasteiger charge is -2.36. The van der Waals surface area contributed by atoms with Crippen LogP contribution in [0.2, 0.25) is 0 Å². The summed E-state index contributed by atoms with van der Waals surface area (Å²) in [6, 6.07) is 4.50. The van der Waals surface area contributed by atoms with Crippen LogP contribution in [-0.4, -0.2) is 37.2 Å². The summed E-state index contributed by atoms with van der Waals surface area (Å²) in [5, 5.41) is 12.3. The van der Waals surface area contributed by atoms with E-state index >= 15 is 0 Å². The van der Waals surface area contributed by atoms with E-state index in [0.29, 0.717) is 30.7 Å².